The van der Waals surface area contributed by atoms with Crippen molar-refractivity contribution < 1.29 is 9.59 Å². The number of thiazole rings is 1. The van der Waals surface area contributed by atoms with Gasteiger partial charge in [-0.2, -0.15) is 0 Å². The summed E-state index contributed by atoms with van der Waals surface area (Å²) in [6, 6.07) is 8.00. The lowest BCUT2D eigenvalue weighted by molar-refractivity contribution is -0.128. The Hall–Kier alpha value is -2.21. The Kier molecular flexibility index (Phi) is 6.61. The van der Waals surface area contributed by atoms with Gasteiger partial charge in [-0.1, -0.05) is 37.6 Å². The lowest BCUT2D eigenvalue weighted by Crippen LogP contribution is -2.26. The lowest BCUT2D eigenvalue weighted by Gasteiger charge is -2.18. The summed E-state index contributed by atoms with van der Waals surface area (Å²) >= 11 is 1.50. The fourth-order valence-electron chi connectivity index (χ4n) is 3.31. The van der Waals surface area contributed by atoms with Gasteiger partial charge in [0.25, 0.3) is 5.91 Å². The van der Waals surface area contributed by atoms with Crippen LogP contribution in [0.2, 0.25) is 0 Å². The van der Waals surface area contributed by atoms with Crippen LogP contribution in [0.4, 0.5) is 0 Å². The molecule has 0 unspecified atom stereocenters. The van der Waals surface area contributed by atoms with Gasteiger partial charge in [0.1, 0.15) is 4.88 Å². The second kappa shape index (κ2) is 9.13. The highest BCUT2D eigenvalue weighted by Crippen LogP contribution is 2.21. The van der Waals surface area contributed by atoms with E-state index in [1.807, 2.05) is 36.1 Å². The number of hydrogen-bond acceptors (Lipinski definition) is 4. The summed E-state index contributed by atoms with van der Waals surface area (Å²) in [5, 5.41) is 4.06. The van der Waals surface area contributed by atoms with Crippen LogP contribution in [-0.4, -0.2) is 28.2 Å². The van der Waals surface area contributed by atoms with Gasteiger partial charge in [-0.05, 0) is 37.3 Å². The van der Waals surface area contributed by atoms with Crippen LogP contribution < -0.4 is 5.32 Å². The highest BCUT2D eigenvalue weighted by Gasteiger charge is 2.21. The number of benzene rings is 1. The third-order valence-corrected chi connectivity index (χ3v) is 6.10. The summed E-state index contributed by atoms with van der Waals surface area (Å²) in [5.41, 5.74) is 2.95. The van der Waals surface area contributed by atoms with Crippen LogP contribution in [0.3, 0.4) is 0 Å². The smallest absolute Gasteiger partial charge is 0.263 e. The van der Waals surface area contributed by atoms with Crippen LogP contribution in [-0.2, 0) is 24.3 Å². The molecule has 3 rings (SSSR count). The van der Waals surface area contributed by atoms with Crippen molar-refractivity contribution in [2.45, 2.75) is 59.0 Å². The Morgan fingerprint density at radius 3 is 2.78 bits per heavy atom. The Bertz CT molecular complexity index is 816. The molecule has 1 saturated heterocycles. The van der Waals surface area contributed by atoms with E-state index in [0.29, 0.717) is 24.4 Å². The topological polar surface area (TPSA) is 62.3 Å². The molecule has 0 saturated carbocycles. The van der Waals surface area contributed by atoms with Gasteiger partial charge in [0.15, 0.2) is 0 Å². The number of aryl methyl sites for hydroxylation is 2. The summed E-state index contributed by atoms with van der Waals surface area (Å²) in [5.74, 6) is 0.147. The summed E-state index contributed by atoms with van der Waals surface area (Å²) in [6.45, 7) is 5.94. The van der Waals surface area contributed by atoms with Gasteiger partial charge < -0.3 is 10.2 Å². The van der Waals surface area contributed by atoms with E-state index in [9.17, 15) is 9.59 Å². The van der Waals surface area contributed by atoms with E-state index in [2.05, 4.69) is 17.2 Å². The summed E-state index contributed by atoms with van der Waals surface area (Å²) in [6.07, 6.45) is 4.72. The fourth-order valence-corrected chi connectivity index (χ4v) is 4.34. The number of unbranched alkanes of at least 4 members (excludes halogenated alkanes) is 1. The molecule has 1 aromatic carbocycles. The van der Waals surface area contributed by atoms with Crippen molar-refractivity contribution in [3.8, 4) is 0 Å². The number of nitrogens with one attached hydrogen (secondary N) is 1. The van der Waals surface area contributed by atoms with Crippen molar-refractivity contribution in [1.29, 1.82) is 0 Å². The largest absolute Gasteiger partial charge is 0.347 e. The molecule has 1 aliphatic heterocycles. The first-order valence-corrected chi connectivity index (χ1v) is 10.5. The van der Waals surface area contributed by atoms with Crippen LogP contribution in [0, 0.1) is 6.92 Å². The molecule has 2 aromatic rings. The minimum absolute atomic E-state index is 0.0696. The van der Waals surface area contributed by atoms with Crippen LogP contribution in [0.1, 0.15) is 64.1 Å². The molecular weight excluding hydrogens is 358 g/mol. The lowest BCUT2D eigenvalue weighted by atomic mass is 10.1. The van der Waals surface area contributed by atoms with Gasteiger partial charge in [0.05, 0.1) is 10.7 Å². The van der Waals surface area contributed by atoms with E-state index in [1.54, 1.807) is 0 Å². The molecule has 1 aromatic heterocycles. The van der Waals surface area contributed by atoms with Gasteiger partial charge in [-0.15, -0.1) is 11.3 Å². The number of rotatable bonds is 8. The summed E-state index contributed by atoms with van der Waals surface area (Å²) < 4.78 is 0. The van der Waals surface area contributed by atoms with E-state index in [4.69, 9.17) is 0 Å². The van der Waals surface area contributed by atoms with Crippen LogP contribution in [0.5, 0.6) is 0 Å². The van der Waals surface area contributed by atoms with Crippen molar-refractivity contribution >= 4 is 23.2 Å². The van der Waals surface area contributed by atoms with Gasteiger partial charge in [0.2, 0.25) is 5.91 Å². The number of aromatic nitrogens is 1. The molecule has 0 bridgehead atoms. The monoisotopic (exact) mass is 385 g/mol. The Morgan fingerprint density at radius 2 is 2.07 bits per heavy atom. The van der Waals surface area contributed by atoms with Gasteiger partial charge >= 0.3 is 0 Å². The molecule has 0 atom stereocenters. The maximum atomic E-state index is 12.6. The number of hydrogen-bond donors (Lipinski definition) is 1. The molecule has 27 heavy (non-hydrogen) atoms. The van der Waals surface area contributed by atoms with E-state index in [1.165, 1.54) is 11.3 Å². The van der Waals surface area contributed by atoms with Gasteiger partial charge in [-0.3, -0.25) is 9.59 Å². The molecule has 144 valence electrons. The van der Waals surface area contributed by atoms with Crippen molar-refractivity contribution in [2.75, 3.05) is 6.54 Å². The number of carbonyl (C=O) groups is 2. The number of likely N-dealkylation sites (tertiary alicyclic amines) is 1. The predicted molar refractivity (Wildman–Crippen MR) is 108 cm³/mol. The highest BCUT2D eigenvalue weighted by molar-refractivity contribution is 7.13. The molecule has 2 amide bonds. The van der Waals surface area contributed by atoms with Crippen LogP contribution in [0.15, 0.2) is 24.3 Å². The molecule has 1 N–H and O–H groups in total. The zero-order valence-corrected chi connectivity index (χ0v) is 16.9. The van der Waals surface area contributed by atoms with Crippen molar-refractivity contribution in [3.63, 3.8) is 0 Å². The first-order valence-electron chi connectivity index (χ1n) is 9.67. The Morgan fingerprint density at radius 1 is 1.30 bits per heavy atom. The molecule has 0 radical (unpaired) electrons. The quantitative estimate of drug-likeness (QED) is 0.751. The standard InChI is InChI=1S/C21H27N3O2S/c1-3-4-10-18-23-15(2)20(27-18)21(26)22-13-16-8-5-6-9-17(16)14-24-12-7-11-19(24)25/h5-6,8-9H,3-4,7,10-14H2,1-2H3,(H,22,26). The first-order chi connectivity index (χ1) is 13.1. The first kappa shape index (κ1) is 19.5. The summed E-state index contributed by atoms with van der Waals surface area (Å²) in [4.78, 5) is 31.7. The summed E-state index contributed by atoms with van der Waals surface area (Å²) in [7, 11) is 0. The molecule has 6 heteroatoms. The van der Waals surface area contributed by atoms with Crippen LogP contribution in [0.25, 0.3) is 0 Å². The number of carbonyl (C=O) groups excluding carboxylic acids is 2. The average molecular weight is 386 g/mol. The SMILES string of the molecule is CCCCc1nc(C)c(C(=O)NCc2ccccc2CN2CCCC2=O)s1. The molecule has 5 nitrogen and oxygen atoms in total. The number of amides is 2. The molecule has 2 heterocycles. The van der Waals surface area contributed by atoms with Gasteiger partial charge in [-0.25, -0.2) is 4.98 Å². The maximum Gasteiger partial charge on any atom is 0.263 e. The van der Waals surface area contributed by atoms with E-state index >= 15 is 0 Å². The maximum absolute atomic E-state index is 12.6. The molecule has 1 aliphatic rings. The van der Waals surface area contributed by atoms with E-state index < -0.39 is 0 Å². The third kappa shape index (κ3) is 4.95. The van der Waals surface area contributed by atoms with Gasteiger partial charge in [0, 0.05) is 26.1 Å². The van der Waals surface area contributed by atoms with Crippen molar-refractivity contribution in [1.82, 2.24) is 15.2 Å². The number of nitrogens with zero attached hydrogens (tertiary/aromatic N) is 2. The Labute approximate surface area is 164 Å². The van der Waals surface area contributed by atoms with Crippen molar-refractivity contribution in [3.05, 3.63) is 51.0 Å². The normalized spacial score (nSPS) is 14.0. The zero-order valence-electron chi connectivity index (χ0n) is 16.1. The molecular formula is C21H27N3O2S. The second-order valence-electron chi connectivity index (χ2n) is 7.00. The zero-order chi connectivity index (χ0) is 19.2. The van der Waals surface area contributed by atoms with Crippen LogP contribution >= 0.6 is 11.3 Å². The van der Waals surface area contributed by atoms with Crippen molar-refractivity contribution in [2.24, 2.45) is 0 Å². The fraction of sp³-hybridized carbons (Fsp3) is 0.476. The molecule has 1 fully saturated rings. The molecule has 0 spiro atoms. The Balaban J connectivity index is 1.64. The predicted octanol–water partition coefficient (Wildman–Crippen LogP) is 3.85. The van der Waals surface area contributed by atoms with E-state index in [-0.39, 0.29) is 11.8 Å². The average Bonchev–Trinajstić information content (AvgIpc) is 3.24. The van der Waals surface area contributed by atoms with E-state index in [0.717, 1.165) is 54.1 Å². The highest BCUT2D eigenvalue weighted by atomic mass is 32.1. The molecule has 0 aliphatic carbocycles. The third-order valence-electron chi connectivity index (χ3n) is 4.88. The minimum atomic E-state index is -0.0696. The minimum Gasteiger partial charge on any atom is -0.347 e. The second-order valence-corrected chi connectivity index (χ2v) is 8.08.